The molecule has 0 aliphatic carbocycles. The summed E-state index contributed by atoms with van der Waals surface area (Å²) in [6, 6.07) is 9.45. The Balaban J connectivity index is 1.71. The van der Waals surface area contributed by atoms with E-state index in [1.54, 1.807) is 12.1 Å². The first-order valence-corrected chi connectivity index (χ1v) is 19.4. The van der Waals surface area contributed by atoms with Crippen molar-refractivity contribution in [2.24, 2.45) is 23.1 Å². The molecule has 1 aliphatic heterocycles. The largest absolute Gasteiger partial charge is 0.490 e. The van der Waals surface area contributed by atoms with E-state index in [0.717, 1.165) is 43.2 Å². The van der Waals surface area contributed by atoms with Gasteiger partial charge in [-0.1, -0.05) is 76.4 Å². The van der Waals surface area contributed by atoms with Crippen molar-refractivity contribution in [3.05, 3.63) is 59.7 Å². The molecule has 15 nitrogen and oxygen atoms in total. The number of likely N-dealkylation sites (tertiary alicyclic amines) is 1. The van der Waals surface area contributed by atoms with Gasteiger partial charge in [-0.2, -0.15) is 0 Å². The number of aryl methyl sites for hydroxylation is 1. The Labute approximate surface area is 325 Å². The number of rotatable bonds is 21. The van der Waals surface area contributed by atoms with Crippen molar-refractivity contribution in [2.75, 3.05) is 13.1 Å². The lowest BCUT2D eigenvalue weighted by Crippen LogP contribution is -2.60. The number of nitrogens with zero attached hydrogens (tertiary/aromatic N) is 1. The summed E-state index contributed by atoms with van der Waals surface area (Å²) < 4.78 is 0. The first kappa shape index (κ1) is 45.0. The quantitative estimate of drug-likeness (QED) is 0.0489. The SMILES string of the molecule is CCCCc1ccc(-c2ccc(C(=O)N[C@@H](CCCCCN)C(=O)N3C[C@H](N)C[C@H]3C(=O)N[C@@H](C)C(=O)NC(CC(C)C)C(=O)N[C@@H](N)B(O)O)cc2)cc1. The van der Waals surface area contributed by atoms with Crippen molar-refractivity contribution < 1.29 is 34.0 Å². The van der Waals surface area contributed by atoms with Crippen LogP contribution in [0.15, 0.2) is 48.5 Å². The maximum absolute atomic E-state index is 14.1. The zero-order valence-electron chi connectivity index (χ0n) is 32.6. The third-order valence-electron chi connectivity index (χ3n) is 9.70. The Morgan fingerprint density at radius 2 is 1.47 bits per heavy atom. The number of carbonyl (C=O) groups is 5. The highest BCUT2D eigenvalue weighted by atomic mass is 16.4. The van der Waals surface area contributed by atoms with E-state index >= 15 is 0 Å². The molecule has 1 saturated heterocycles. The van der Waals surface area contributed by atoms with Gasteiger partial charge in [0, 0.05) is 18.2 Å². The van der Waals surface area contributed by atoms with Gasteiger partial charge in [0.25, 0.3) is 5.91 Å². The Kier molecular flexibility index (Phi) is 18.2. The van der Waals surface area contributed by atoms with Gasteiger partial charge in [-0.3, -0.25) is 24.0 Å². The van der Waals surface area contributed by atoms with E-state index in [2.05, 4.69) is 52.5 Å². The topological polar surface area (TPSA) is 255 Å². The minimum atomic E-state index is -2.00. The lowest BCUT2D eigenvalue weighted by molar-refractivity contribution is -0.141. The Bertz CT molecular complexity index is 1560. The molecule has 1 fully saturated rings. The van der Waals surface area contributed by atoms with Crippen LogP contribution in [0.1, 0.15) is 95.0 Å². The van der Waals surface area contributed by atoms with Crippen LogP contribution in [-0.2, 0) is 25.6 Å². The number of amides is 5. The Morgan fingerprint density at radius 3 is 2.05 bits per heavy atom. The van der Waals surface area contributed by atoms with Crippen LogP contribution in [-0.4, -0.2) is 101 Å². The van der Waals surface area contributed by atoms with Crippen molar-refractivity contribution in [1.29, 1.82) is 0 Å². The van der Waals surface area contributed by atoms with Crippen LogP contribution in [0.5, 0.6) is 0 Å². The van der Waals surface area contributed by atoms with E-state index in [9.17, 15) is 34.0 Å². The average Bonchev–Trinajstić information content (AvgIpc) is 3.56. The van der Waals surface area contributed by atoms with Gasteiger partial charge in [-0.25, -0.2) is 0 Å². The predicted octanol–water partition coefficient (Wildman–Crippen LogP) is 0.691. The molecule has 302 valence electrons. The summed E-state index contributed by atoms with van der Waals surface area (Å²) in [6.07, 6.45) is 6.09. The molecule has 0 aromatic heterocycles. The summed E-state index contributed by atoms with van der Waals surface area (Å²) in [4.78, 5) is 68.6. The van der Waals surface area contributed by atoms with E-state index in [4.69, 9.17) is 17.2 Å². The van der Waals surface area contributed by atoms with Crippen LogP contribution in [0.4, 0.5) is 0 Å². The molecule has 5 amide bonds. The fourth-order valence-corrected chi connectivity index (χ4v) is 6.50. The summed E-state index contributed by atoms with van der Waals surface area (Å²) >= 11 is 0. The third kappa shape index (κ3) is 14.0. The van der Waals surface area contributed by atoms with Crippen LogP contribution in [0, 0.1) is 5.92 Å². The van der Waals surface area contributed by atoms with E-state index in [0.29, 0.717) is 24.9 Å². The van der Waals surface area contributed by atoms with Gasteiger partial charge in [-0.15, -0.1) is 0 Å². The molecule has 55 heavy (non-hydrogen) atoms. The molecule has 16 heteroatoms. The monoisotopic (exact) mass is 764 g/mol. The number of nitrogens with two attached hydrogens (primary N) is 3. The normalized spacial score (nSPS) is 17.5. The molecule has 3 rings (SSSR count). The predicted molar refractivity (Wildman–Crippen MR) is 213 cm³/mol. The van der Waals surface area contributed by atoms with Crippen LogP contribution < -0.4 is 38.5 Å². The van der Waals surface area contributed by atoms with Gasteiger partial charge >= 0.3 is 7.12 Å². The van der Waals surface area contributed by atoms with Gasteiger partial charge < -0.3 is 53.4 Å². The molecule has 6 atom stereocenters. The van der Waals surface area contributed by atoms with Crippen molar-refractivity contribution >= 4 is 36.7 Å². The first-order valence-electron chi connectivity index (χ1n) is 19.4. The number of unbranched alkanes of at least 4 members (excludes halogenated alkanes) is 3. The van der Waals surface area contributed by atoms with Crippen molar-refractivity contribution in [1.82, 2.24) is 26.2 Å². The van der Waals surface area contributed by atoms with Gasteiger partial charge in [-0.05, 0) is 86.7 Å². The van der Waals surface area contributed by atoms with Crippen LogP contribution in [0.3, 0.4) is 0 Å². The highest BCUT2D eigenvalue weighted by Gasteiger charge is 2.41. The molecule has 1 heterocycles. The van der Waals surface area contributed by atoms with Gasteiger partial charge in [0.2, 0.25) is 23.6 Å². The molecule has 2 aromatic rings. The molecule has 0 saturated carbocycles. The van der Waals surface area contributed by atoms with E-state index in [1.165, 1.54) is 17.4 Å². The molecule has 0 bridgehead atoms. The Morgan fingerprint density at radius 1 is 0.836 bits per heavy atom. The van der Waals surface area contributed by atoms with Crippen molar-refractivity contribution in [3.63, 3.8) is 0 Å². The smallest absolute Gasteiger partial charge is 0.425 e. The Hall–Kier alpha value is -4.35. The van der Waals surface area contributed by atoms with Crippen LogP contribution in [0.2, 0.25) is 0 Å². The third-order valence-corrected chi connectivity index (χ3v) is 9.70. The molecular formula is C39H61BN8O7. The van der Waals surface area contributed by atoms with Gasteiger partial charge in [0.15, 0.2) is 0 Å². The van der Waals surface area contributed by atoms with Crippen LogP contribution >= 0.6 is 0 Å². The van der Waals surface area contributed by atoms with E-state index in [-0.39, 0.29) is 25.3 Å². The molecule has 12 N–H and O–H groups in total. The number of nitrogens with one attached hydrogen (secondary N) is 4. The van der Waals surface area contributed by atoms with Crippen LogP contribution in [0.25, 0.3) is 11.1 Å². The molecule has 0 radical (unpaired) electrons. The second-order valence-electron chi connectivity index (χ2n) is 14.9. The lowest BCUT2D eigenvalue weighted by Gasteiger charge is -2.30. The summed E-state index contributed by atoms with van der Waals surface area (Å²) in [7, 11) is -2.00. The molecule has 1 aliphatic rings. The second kappa shape index (κ2) is 22.3. The number of hydrogen-bond acceptors (Lipinski definition) is 10. The van der Waals surface area contributed by atoms with E-state index < -0.39 is 72.9 Å². The maximum atomic E-state index is 14.1. The van der Waals surface area contributed by atoms with Crippen molar-refractivity contribution in [3.8, 4) is 11.1 Å². The van der Waals surface area contributed by atoms with Crippen molar-refractivity contribution in [2.45, 2.75) is 122 Å². The summed E-state index contributed by atoms with van der Waals surface area (Å²) in [5.74, 6) is -2.92. The minimum Gasteiger partial charge on any atom is -0.425 e. The molecule has 0 spiro atoms. The fourth-order valence-electron chi connectivity index (χ4n) is 6.50. The standard InChI is InChI=1S/C39H61BN8O7/c1-5-6-10-26-12-14-27(15-13-26)28-16-18-29(19-17-28)35(50)45-31(11-8-7-9-20-41)38(53)48-23-30(42)22-33(48)37(52)44-25(4)34(49)46-32(21-24(2)3)36(51)47-39(43)40(54)55/h12-19,24-25,30-33,39,54-55H,5-11,20-23,41-43H2,1-4H3,(H,44,52)(H,45,50)(H,46,49)(H,47,51)/t25-,30+,31-,32?,33-,39+/m0/s1. The average molecular weight is 765 g/mol. The first-order chi connectivity index (χ1) is 26.1. The number of hydrogen-bond donors (Lipinski definition) is 9. The highest BCUT2D eigenvalue weighted by molar-refractivity contribution is 6.43. The fraction of sp³-hybridized carbons (Fsp3) is 0.564. The minimum absolute atomic E-state index is 0.0306. The molecular weight excluding hydrogens is 703 g/mol. The summed E-state index contributed by atoms with van der Waals surface area (Å²) in [5, 5.41) is 28.9. The molecule has 1 unspecified atom stereocenters. The zero-order valence-corrected chi connectivity index (χ0v) is 32.6. The second-order valence-corrected chi connectivity index (χ2v) is 14.9. The van der Waals surface area contributed by atoms with Gasteiger partial charge in [0.05, 0.1) is 0 Å². The lowest BCUT2D eigenvalue weighted by atomic mass is 9.86. The number of benzene rings is 2. The summed E-state index contributed by atoms with van der Waals surface area (Å²) in [5.41, 5.74) is 21.2. The zero-order chi connectivity index (χ0) is 40.7. The maximum Gasteiger partial charge on any atom is 0.490 e. The van der Waals surface area contributed by atoms with Gasteiger partial charge in [0.1, 0.15) is 30.2 Å². The number of carbonyl (C=O) groups excluding carboxylic acids is 5. The molecule has 2 aromatic carbocycles. The van der Waals surface area contributed by atoms with E-state index in [1.807, 2.05) is 26.0 Å². The summed E-state index contributed by atoms with van der Waals surface area (Å²) in [6.45, 7) is 7.86. The highest BCUT2D eigenvalue weighted by Crippen LogP contribution is 2.23.